The second kappa shape index (κ2) is 6.05. The summed E-state index contributed by atoms with van der Waals surface area (Å²) in [5, 5.41) is 3.75. The zero-order valence-corrected chi connectivity index (χ0v) is 14.5. The Hall–Kier alpha value is -0.930. The molecule has 3 heteroatoms. The van der Waals surface area contributed by atoms with Gasteiger partial charge in [0.2, 0.25) is 0 Å². The van der Waals surface area contributed by atoms with Gasteiger partial charge in [0.05, 0.1) is 5.69 Å². The summed E-state index contributed by atoms with van der Waals surface area (Å²) in [6, 6.07) is 4.98. The highest BCUT2D eigenvalue weighted by Crippen LogP contribution is 2.31. The lowest BCUT2D eigenvalue weighted by Crippen LogP contribution is -2.61. The molecule has 2 heterocycles. The number of nitrogens with one attached hydrogen (secondary N) is 1. The molecule has 2 rings (SSSR count). The van der Waals surface area contributed by atoms with Gasteiger partial charge in [0, 0.05) is 29.9 Å². The third-order valence-electron chi connectivity index (χ3n) is 4.50. The van der Waals surface area contributed by atoms with Crippen LogP contribution < -0.4 is 5.32 Å². The van der Waals surface area contributed by atoms with Gasteiger partial charge in [-0.2, -0.15) is 0 Å². The van der Waals surface area contributed by atoms with Gasteiger partial charge < -0.3 is 5.32 Å². The van der Waals surface area contributed by atoms with Crippen molar-refractivity contribution in [3.63, 3.8) is 0 Å². The Labute approximate surface area is 130 Å². The first-order chi connectivity index (χ1) is 9.71. The molecule has 1 fully saturated rings. The molecular formula is C18H31N3. The van der Waals surface area contributed by atoms with Gasteiger partial charge in [-0.05, 0) is 65.6 Å². The maximum absolute atomic E-state index is 4.60. The van der Waals surface area contributed by atoms with Crippen LogP contribution in [0.2, 0.25) is 0 Å². The van der Waals surface area contributed by atoms with E-state index < -0.39 is 0 Å². The van der Waals surface area contributed by atoms with Crippen molar-refractivity contribution < 1.29 is 0 Å². The third-order valence-corrected chi connectivity index (χ3v) is 4.50. The van der Waals surface area contributed by atoms with Crippen LogP contribution in [0.1, 0.15) is 58.7 Å². The van der Waals surface area contributed by atoms with E-state index in [4.69, 9.17) is 0 Å². The third kappa shape index (κ3) is 4.52. The molecule has 0 amide bonds. The summed E-state index contributed by atoms with van der Waals surface area (Å²) < 4.78 is 0. The van der Waals surface area contributed by atoms with Crippen molar-refractivity contribution in [2.75, 3.05) is 7.05 Å². The molecule has 1 N–H and O–H groups in total. The minimum absolute atomic E-state index is 0.195. The van der Waals surface area contributed by atoms with Gasteiger partial charge in [-0.3, -0.25) is 9.88 Å². The Morgan fingerprint density at radius 2 is 1.81 bits per heavy atom. The van der Waals surface area contributed by atoms with Crippen molar-refractivity contribution in [1.82, 2.24) is 15.2 Å². The Balaban J connectivity index is 2.03. The fourth-order valence-electron chi connectivity index (χ4n) is 3.72. The molecule has 3 nitrogen and oxygen atoms in total. The van der Waals surface area contributed by atoms with E-state index in [9.17, 15) is 0 Å². The number of piperidine rings is 1. The van der Waals surface area contributed by atoms with Crippen LogP contribution in [0.5, 0.6) is 0 Å². The predicted octanol–water partition coefficient (Wildman–Crippen LogP) is 3.39. The van der Waals surface area contributed by atoms with Gasteiger partial charge in [-0.1, -0.05) is 13.0 Å². The first kappa shape index (κ1) is 16.4. The molecule has 0 aromatic carbocycles. The molecular weight excluding hydrogens is 258 g/mol. The number of hydrogen-bond donors (Lipinski definition) is 1. The summed E-state index contributed by atoms with van der Waals surface area (Å²) in [5.74, 6) is 0. The van der Waals surface area contributed by atoms with Gasteiger partial charge in [-0.15, -0.1) is 0 Å². The molecule has 1 saturated heterocycles. The molecule has 1 aliphatic heterocycles. The van der Waals surface area contributed by atoms with Gasteiger partial charge in [0.25, 0.3) is 0 Å². The van der Waals surface area contributed by atoms with E-state index in [0.29, 0.717) is 6.04 Å². The maximum atomic E-state index is 4.60. The van der Waals surface area contributed by atoms with E-state index in [1.54, 1.807) is 0 Å². The highest BCUT2D eigenvalue weighted by Gasteiger charge is 2.38. The van der Waals surface area contributed by atoms with E-state index in [1.807, 2.05) is 6.20 Å². The summed E-state index contributed by atoms with van der Waals surface area (Å²) in [4.78, 5) is 7.07. The highest BCUT2D eigenvalue weighted by molar-refractivity contribution is 5.14. The SMILES string of the molecule is CCc1ccc(CN(C)C2CC(C)(C)NC(C)(C)C2)nc1. The Kier molecular flexibility index (Phi) is 4.74. The lowest BCUT2D eigenvalue weighted by atomic mass is 9.79. The Morgan fingerprint density at radius 1 is 1.19 bits per heavy atom. The summed E-state index contributed by atoms with van der Waals surface area (Å²) in [6.45, 7) is 12.3. The van der Waals surface area contributed by atoms with Gasteiger partial charge in [0.15, 0.2) is 0 Å². The number of pyridine rings is 1. The zero-order chi connectivity index (χ0) is 15.7. The second-order valence-corrected chi connectivity index (χ2v) is 7.88. The smallest absolute Gasteiger partial charge is 0.0544 e. The van der Waals surface area contributed by atoms with E-state index >= 15 is 0 Å². The highest BCUT2D eigenvalue weighted by atomic mass is 15.2. The van der Waals surface area contributed by atoms with Crippen LogP contribution >= 0.6 is 0 Å². The monoisotopic (exact) mass is 289 g/mol. The molecule has 0 spiro atoms. The number of hydrogen-bond acceptors (Lipinski definition) is 3. The minimum Gasteiger partial charge on any atom is -0.307 e. The standard InChI is InChI=1S/C18H31N3/c1-7-14-8-9-15(19-12-14)13-21(6)16-10-17(2,3)20-18(4,5)11-16/h8-9,12,16,20H,7,10-11,13H2,1-6H3. The molecule has 21 heavy (non-hydrogen) atoms. The maximum Gasteiger partial charge on any atom is 0.0544 e. The largest absolute Gasteiger partial charge is 0.307 e. The molecule has 0 bridgehead atoms. The molecule has 0 saturated carbocycles. The molecule has 0 radical (unpaired) electrons. The van der Waals surface area contributed by atoms with E-state index in [-0.39, 0.29) is 11.1 Å². The van der Waals surface area contributed by atoms with E-state index in [2.05, 4.69) is 69.0 Å². The van der Waals surface area contributed by atoms with Crippen molar-refractivity contribution in [1.29, 1.82) is 0 Å². The number of aryl methyl sites for hydroxylation is 1. The first-order valence-electron chi connectivity index (χ1n) is 8.14. The first-order valence-corrected chi connectivity index (χ1v) is 8.14. The van der Waals surface area contributed by atoms with Crippen LogP contribution in [-0.2, 0) is 13.0 Å². The quantitative estimate of drug-likeness (QED) is 0.921. The Bertz CT molecular complexity index is 446. The molecule has 1 aromatic rings. The van der Waals surface area contributed by atoms with Gasteiger partial charge in [-0.25, -0.2) is 0 Å². The molecule has 0 aliphatic carbocycles. The molecule has 1 aromatic heterocycles. The number of nitrogens with zero attached hydrogens (tertiary/aromatic N) is 2. The molecule has 0 atom stereocenters. The lowest BCUT2D eigenvalue weighted by molar-refractivity contribution is 0.0770. The van der Waals surface area contributed by atoms with E-state index in [1.165, 1.54) is 24.1 Å². The van der Waals surface area contributed by atoms with Crippen molar-refractivity contribution in [2.24, 2.45) is 0 Å². The van der Waals surface area contributed by atoms with Crippen LogP contribution in [0.3, 0.4) is 0 Å². The molecule has 118 valence electrons. The van der Waals surface area contributed by atoms with Gasteiger partial charge in [0.1, 0.15) is 0 Å². The van der Waals surface area contributed by atoms with Crippen molar-refractivity contribution in [3.05, 3.63) is 29.6 Å². The van der Waals surface area contributed by atoms with Crippen molar-refractivity contribution in [2.45, 2.75) is 77.5 Å². The molecule has 0 unspecified atom stereocenters. The fourth-order valence-corrected chi connectivity index (χ4v) is 3.72. The van der Waals surface area contributed by atoms with Crippen LogP contribution in [0.4, 0.5) is 0 Å². The van der Waals surface area contributed by atoms with Crippen LogP contribution in [0.25, 0.3) is 0 Å². The van der Waals surface area contributed by atoms with Crippen LogP contribution in [0.15, 0.2) is 18.3 Å². The van der Waals surface area contributed by atoms with Gasteiger partial charge >= 0.3 is 0 Å². The average Bonchev–Trinajstić information content (AvgIpc) is 2.36. The second-order valence-electron chi connectivity index (χ2n) is 7.88. The summed E-state index contributed by atoms with van der Waals surface area (Å²) in [7, 11) is 2.23. The fraction of sp³-hybridized carbons (Fsp3) is 0.722. The summed E-state index contributed by atoms with van der Waals surface area (Å²) >= 11 is 0. The normalized spacial score (nSPS) is 21.7. The lowest BCUT2D eigenvalue weighted by Gasteiger charge is -2.49. The van der Waals surface area contributed by atoms with E-state index in [0.717, 1.165) is 13.0 Å². The minimum atomic E-state index is 0.195. The summed E-state index contributed by atoms with van der Waals surface area (Å²) in [6.07, 6.45) is 5.43. The average molecular weight is 289 g/mol. The molecule has 1 aliphatic rings. The number of aromatic nitrogens is 1. The predicted molar refractivity (Wildman–Crippen MR) is 89.4 cm³/mol. The number of rotatable bonds is 4. The Morgan fingerprint density at radius 3 is 2.29 bits per heavy atom. The van der Waals surface area contributed by atoms with Crippen LogP contribution in [0, 0.1) is 0 Å². The zero-order valence-electron chi connectivity index (χ0n) is 14.5. The van der Waals surface area contributed by atoms with Crippen molar-refractivity contribution >= 4 is 0 Å². The van der Waals surface area contributed by atoms with Crippen molar-refractivity contribution in [3.8, 4) is 0 Å². The van der Waals surface area contributed by atoms with Crippen LogP contribution in [-0.4, -0.2) is 34.1 Å². The topological polar surface area (TPSA) is 28.2 Å². The summed E-state index contributed by atoms with van der Waals surface area (Å²) in [5.41, 5.74) is 2.87.